The first-order valence-electron chi connectivity index (χ1n) is 14.0. The highest BCUT2D eigenvalue weighted by Crippen LogP contribution is 2.36. The first-order chi connectivity index (χ1) is 19.0. The molecule has 0 fully saturated rings. The fraction of sp³-hybridized carbons (Fsp3) is 0.382. The third kappa shape index (κ3) is 7.66. The molecule has 0 unspecified atom stereocenters. The van der Waals surface area contributed by atoms with Gasteiger partial charge >= 0.3 is 0 Å². The van der Waals surface area contributed by atoms with Crippen molar-refractivity contribution < 1.29 is 14.0 Å². The van der Waals surface area contributed by atoms with Gasteiger partial charge < -0.3 is 4.57 Å². The zero-order valence-electron chi connectivity index (χ0n) is 24.5. The lowest BCUT2D eigenvalue weighted by Gasteiger charge is -2.31. The van der Waals surface area contributed by atoms with Crippen molar-refractivity contribution in [3.8, 4) is 0 Å². The maximum atomic E-state index is 13.3. The number of Topliss-reactive ketones (excluding diaryl/α,β-unsaturated/α-hetero) is 2. The van der Waals surface area contributed by atoms with Gasteiger partial charge in [0.25, 0.3) is 0 Å². The van der Waals surface area contributed by atoms with Gasteiger partial charge in [-0.1, -0.05) is 69.0 Å². The molecule has 6 heteroatoms. The predicted molar refractivity (Wildman–Crippen MR) is 165 cm³/mol. The SMILES string of the molecule is CC(=O)c1cn(CC2=CCC(C)=CN=C2)c2cc(Cl)ccc12.CCCC(C)(CCC)c1ccc(F)cc1C(C)=O. The van der Waals surface area contributed by atoms with Crippen LogP contribution in [0.3, 0.4) is 0 Å². The van der Waals surface area contributed by atoms with Gasteiger partial charge in [0.05, 0.1) is 5.52 Å². The second-order valence-electron chi connectivity index (χ2n) is 10.9. The summed E-state index contributed by atoms with van der Waals surface area (Å²) in [5.74, 6) is -0.325. The van der Waals surface area contributed by atoms with E-state index in [0.717, 1.165) is 59.7 Å². The summed E-state index contributed by atoms with van der Waals surface area (Å²) in [4.78, 5) is 27.9. The van der Waals surface area contributed by atoms with Crippen LogP contribution in [0.5, 0.6) is 0 Å². The molecule has 0 N–H and O–H groups in total. The highest BCUT2D eigenvalue weighted by Gasteiger charge is 2.28. The maximum absolute atomic E-state index is 13.3. The number of carbonyl (C=O) groups is 2. The second kappa shape index (κ2) is 13.8. The van der Waals surface area contributed by atoms with Crippen LogP contribution in [0.25, 0.3) is 10.9 Å². The number of benzene rings is 2. The lowest BCUT2D eigenvalue weighted by atomic mass is 9.73. The molecule has 2 heterocycles. The molecule has 0 atom stereocenters. The maximum Gasteiger partial charge on any atom is 0.161 e. The highest BCUT2D eigenvalue weighted by molar-refractivity contribution is 6.31. The van der Waals surface area contributed by atoms with Crippen molar-refractivity contribution in [3.63, 3.8) is 0 Å². The van der Waals surface area contributed by atoms with E-state index in [2.05, 4.69) is 43.3 Å². The second-order valence-corrected chi connectivity index (χ2v) is 11.4. The molecule has 0 saturated carbocycles. The van der Waals surface area contributed by atoms with Crippen LogP contribution >= 0.6 is 11.6 Å². The summed E-state index contributed by atoms with van der Waals surface area (Å²) in [6, 6.07) is 10.3. The zero-order chi connectivity index (χ0) is 29.4. The molecule has 4 nitrogen and oxygen atoms in total. The zero-order valence-corrected chi connectivity index (χ0v) is 25.2. The van der Waals surface area contributed by atoms with E-state index in [9.17, 15) is 14.0 Å². The number of halogens is 2. The van der Waals surface area contributed by atoms with Gasteiger partial charge in [0.15, 0.2) is 11.6 Å². The van der Waals surface area contributed by atoms with E-state index >= 15 is 0 Å². The summed E-state index contributed by atoms with van der Waals surface area (Å²) in [5, 5.41) is 1.61. The number of nitrogens with zero attached hydrogens (tertiary/aromatic N) is 2. The molecule has 1 aliphatic heterocycles. The molecule has 1 aliphatic rings. The van der Waals surface area contributed by atoms with Gasteiger partial charge in [-0.05, 0) is 80.9 Å². The lowest BCUT2D eigenvalue weighted by Crippen LogP contribution is -2.24. The van der Waals surface area contributed by atoms with Crippen molar-refractivity contribution in [1.29, 1.82) is 0 Å². The molecule has 2 aromatic carbocycles. The first-order valence-corrected chi connectivity index (χ1v) is 14.3. The van der Waals surface area contributed by atoms with E-state index in [0.29, 0.717) is 17.1 Å². The summed E-state index contributed by atoms with van der Waals surface area (Å²) in [5.41, 5.74) is 5.57. The van der Waals surface area contributed by atoms with E-state index in [1.54, 1.807) is 13.0 Å². The topological polar surface area (TPSA) is 51.4 Å². The number of hydrogen-bond donors (Lipinski definition) is 0. The third-order valence-corrected chi connectivity index (χ3v) is 7.65. The van der Waals surface area contributed by atoms with E-state index < -0.39 is 0 Å². The van der Waals surface area contributed by atoms with Crippen LogP contribution < -0.4 is 0 Å². The van der Waals surface area contributed by atoms with Crippen LogP contribution in [-0.2, 0) is 12.0 Å². The van der Waals surface area contributed by atoms with Gasteiger partial charge in [-0.2, -0.15) is 0 Å². The Morgan fingerprint density at radius 2 is 1.70 bits per heavy atom. The normalized spacial score (nSPS) is 13.3. The van der Waals surface area contributed by atoms with Crippen LogP contribution in [0.1, 0.15) is 99.9 Å². The molecule has 40 heavy (non-hydrogen) atoms. The fourth-order valence-corrected chi connectivity index (χ4v) is 5.63. The molecule has 3 aromatic rings. The number of aromatic nitrogens is 1. The summed E-state index contributed by atoms with van der Waals surface area (Å²) in [6.07, 6.45) is 12.9. The van der Waals surface area contributed by atoms with Gasteiger partial charge in [-0.25, -0.2) is 4.39 Å². The number of allylic oxidation sites excluding steroid dienone is 3. The quantitative estimate of drug-likeness (QED) is 0.244. The number of carbonyl (C=O) groups excluding carboxylic acids is 2. The molecule has 0 aliphatic carbocycles. The van der Waals surface area contributed by atoms with Crippen LogP contribution in [-0.4, -0.2) is 22.3 Å². The van der Waals surface area contributed by atoms with Gasteiger partial charge in [-0.15, -0.1) is 0 Å². The molecule has 0 saturated heterocycles. The highest BCUT2D eigenvalue weighted by atomic mass is 35.5. The molecule has 4 rings (SSSR count). The minimum atomic E-state index is -0.334. The molecular formula is C34H40ClFN2O2. The van der Waals surface area contributed by atoms with Crippen LogP contribution in [0, 0.1) is 5.82 Å². The van der Waals surface area contributed by atoms with Crippen molar-refractivity contribution in [2.75, 3.05) is 0 Å². The molecule has 0 bridgehead atoms. The van der Waals surface area contributed by atoms with E-state index in [1.165, 1.54) is 24.6 Å². The summed E-state index contributed by atoms with van der Waals surface area (Å²) >= 11 is 6.12. The molecule has 212 valence electrons. The van der Waals surface area contributed by atoms with Gasteiger partial charge in [0, 0.05) is 46.7 Å². The van der Waals surface area contributed by atoms with Gasteiger partial charge in [-0.3, -0.25) is 14.6 Å². The average Bonchev–Trinajstić information content (AvgIpc) is 3.11. The third-order valence-electron chi connectivity index (χ3n) is 7.41. The number of rotatable bonds is 9. The van der Waals surface area contributed by atoms with E-state index in [1.807, 2.05) is 36.8 Å². The minimum absolute atomic E-state index is 0.0296. The average molecular weight is 563 g/mol. The van der Waals surface area contributed by atoms with E-state index in [4.69, 9.17) is 11.6 Å². The Hall–Kier alpha value is -3.31. The molecular weight excluding hydrogens is 523 g/mol. The standard InChI is InChI=1S/C18H17ClN2O.C16H23FO/c1-12-3-4-14(9-20-8-12)10-21-11-17(13(2)22)16-6-5-15(19)7-18(16)21;1-5-9-16(4,10-6-2)15-8-7-13(17)11-14(15)12(3)18/h4-9,11H,3,10H2,1-2H3;7-8,11H,5-6,9-10H2,1-4H3. The fourth-order valence-electron chi connectivity index (χ4n) is 5.47. The largest absolute Gasteiger partial charge is 0.342 e. The van der Waals surface area contributed by atoms with Crippen molar-refractivity contribution in [2.24, 2.45) is 4.99 Å². The summed E-state index contributed by atoms with van der Waals surface area (Å²) < 4.78 is 15.4. The Kier molecular flexibility index (Phi) is 10.8. The number of hydrogen-bond acceptors (Lipinski definition) is 3. The van der Waals surface area contributed by atoms with Crippen molar-refractivity contribution >= 4 is 40.3 Å². The van der Waals surface area contributed by atoms with Crippen molar-refractivity contribution in [3.05, 3.63) is 93.5 Å². The summed E-state index contributed by atoms with van der Waals surface area (Å²) in [6.45, 7) is 12.3. The first kappa shape index (κ1) is 31.2. The van der Waals surface area contributed by atoms with Crippen LogP contribution in [0.4, 0.5) is 4.39 Å². The van der Waals surface area contributed by atoms with Crippen LogP contribution in [0.2, 0.25) is 5.02 Å². The molecule has 0 radical (unpaired) electrons. The number of aliphatic imine (C=N–C) groups is 1. The van der Waals surface area contributed by atoms with Crippen molar-refractivity contribution in [2.45, 2.75) is 85.6 Å². The van der Waals surface area contributed by atoms with Crippen LogP contribution in [0.15, 0.2) is 71.0 Å². The van der Waals surface area contributed by atoms with Gasteiger partial charge in [0.1, 0.15) is 5.82 Å². The smallest absolute Gasteiger partial charge is 0.161 e. The molecule has 0 spiro atoms. The Morgan fingerprint density at radius 3 is 2.33 bits per heavy atom. The number of ketones is 2. The Balaban J connectivity index is 0.000000226. The number of fused-ring (bicyclic) bond motifs is 1. The predicted octanol–water partition coefficient (Wildman–Crippen LogP) is 9.69. The Morgan fingerprint density at radius 1 is 1.02 bits per heavy atom. The Labute approximate surface area is 242 Å². The van der Waals surface area contributed by atoms with E-state index in [-0.39, 0.29) is 22.8 Å². The Bertz CT molecular complexity index is 1470. The molecule has 1 aromatic heterocycles. The monoisotopic (exact) mass is 562 g/mol. The summed E-state index contributed by atoms with van der Waals surface area (Å²) in [7, 11) is 0. The van der Waals surface area contributed by atoms with Crippen molar-refractivity contribution in [1.82, 2.24) is 4.57 Å². The van der Waals surface area contributed by atoms with Gasteiger partial charge in [0.2, 0.25) is 0 Å². The molecule has 0 amide bonds. The minimum Gasteiger partial charge on any atom is -0.342 e. The lowest BCUT2D eigenvalue weighted by molar-refractivity contribution is 0.100.